The minimum Gasteiger partial charge on any atom is -0.356 e. The number of nitriles is 1. The molecule has 0 atom stereocenters. The average molecular weight is 471 g/mol. The largest absolute Gasteiger partial charge is 0.367 e. The van der Waals surface area contributed by atoms with E-state index in [-0.39, 0.29) is 12.2 Å². The van der Waals surface area contributed by atoms with E-state index >= 15 is 0 Å². The predicted molar refractivity (Wildman–Crippen MR) is 132 cm³/mol. The molecule has 0 fully saturated rings. The highest BCUT2D eigenvalue weighted by atomic mass is 16.5. The molecule has 36 heavy (non-hydrogen) atoms. The Balaban J connectivity index is 1.46. The van der Waals surface area contributed by atoms with Crippen LogP contribution in [-0.2, 0) is 6.54 Å². The first-order valence-electron chi connectivity index (χ1n) is 11.1. The van der Waals surface area contributed by atoms with E-state index in [1.807, 2.05) is 48.5 Å². The first-order valence-corrected chi connectivity index (χ1v) is 11.1. The van der Waals surface area contributed by atoms with Crippen molar-refractivity contribution in [2.75, 3.05) is 0 Å². The van der Waals surface area contributed by atoms with Crippen molar-refractivity contribution in [2.45, 2.75) is 6.54 Å². The zero-order valence-electron chi connectivity index (χ0n) is 18.8. The van der Waals surface area contributed by atoms with Crippen LogP contribution in [0.15, 0.2) is 101 Å². The molecule has 0 bridgehead atoms. The molecule has 0 amide bonds. The van der Waals surface area contributed by atoms with Crippen LogP contribution >= 0.6 is 0 Å². The van der Waals surface area contributed by atoms with Crippen LogP contribution in [0, 0.1) is 11.3 Å². The Kier molecular flexibility index (Phi) is 5.16. The van der Waals surface area contributed by atoms with E-state index in [2.05, 4.69) is 26.4 Å². The third kappa shape index (κ3) is 3.73. The van der Waals surface area contributed by atoms with Gasteiger partial charge in [0.25, 0.3) is 0 Å². The maximum atomic E-state index is 13.2. The van der Waals surface area contributed by atoms with Gasteiger partial charge >= 0.3 is 5.69 Å². The van der Waals surface area contributed by atoms with Crippen LogP contribution < -0.4 is 5.69 Å². The standard InChI is InChI=1S/C27H17N7O2/c28-15-18-1-5-20(6-2-18)23-16-30-34-26(25(23)22-9-12-29-13-10-22)32-33(27(34)35)17-19-3-7-21(8-4-19)24-11-14-31-36-24/h1-14,16H,17H2. The molecule has 9 nitrogen and oxygen atoms in total. The third-order valence-corrected chi connectivity index (χ3v) is 5.92. The number of nitrogens with zero attached hydrogens (tertiary/aromatic N) is 7. The molecule has 0 aliphatic rings. The summed E-state index contributed by atoms with van der Waals surface area (Å²) >= 11 is 0. The number of hydrogen-bond acceptors (Lipinski definition) is 7. The molecular formula is C27H17N7O2. The van der Waals surface area contributed by atoms with Crippen molar-refractivity contribution in [1.29, 1.82) is 5.26 Å². The van der Waals surface area contributed by atoms with Gasteiger partial charge in [-0.1, -0.05) is 41.6 Å². The Morgan fingerprint density at radius 3 is 2.31 bits per heavy atom. The van der Waals surface area contributed by atoms with E-state index in [0.29, 0.717) is 17.0 Å². The fourth-order valence-corrected chi connectivity index (χ4v) is 4.12. The van der Waals surface area contributed by atoms with Gasteiger partial charge in [0.05, 0.1) is 30.6 Å². The molecular weight excluding hydrogens is 454 g/mol. The molecule has 9 heteroatoms. The topological polar surface area (TPSA) is 115 Å². The fourth-order valence-electron chi connectivity index (χ4n) is 4.12. The van der Waals surface area contributed by atoms with Crippen LogP contribution in [0.2, 0.25) is 0 Å². The Morgan fingerprint density at radius 2 is 1.61 bits per heavy atom. The summed E-state index contributed by atoms with van der Waals surface area (Å²) < 4.78 is 7.92. The molecule has 2 aromatic carbocycles. The molecule has 6 rings (SSSR count). The molecule has 4 heterocycles. The van der Waals surface area contributed by atoms with Crippen molar-refractivity contribution in [3.8, 4) is 39.6 Å². The summed E-state index contributed by atoms with van der Waals surface area (Å²) in [7, 11) is 0. The number of rotatable bonds is 5. The van der Waals surface area contributed by atoms with Crippen LogP contribution in [0.4, 0.5) is 0 Å². The summed E-state index contributed by atoms with van der Waals surface area (Å²) in [6.45, 7) is 0.279. The number of hydrogen-bond donors (Lipinski definition) is 0. The second-order valence-electron chi connectivity index (χ2n) is 8.11. The van der Waals surface area contributed by atoms with Gasteiger partial charge in [0.2, 0.25) is 0 Å². The van der Waals surface area contributed by atoms with Crippen LogP contribution in [0.25, 0.3) is 39.2 Å². The van der Waals surface area contributed by atoms with Gasteiger partial charge in [-0.2, -0.15) is 14.9 Å². The minimum absolute atomic E-state index is 0.279. The molecule has 0 saturated heterocycles. The van der Waals surface area contributed by atoms with Crippen LogP contribution in [0.5, 0.6) is 0 Å². The van der Waals surface area contributed by atoms with E-state index in [1.165, 1.54) is 9.20 Å². The predicted octanol–water partition coefficient (Wildman–Crippen LogP) is 4.19. The van der Waals surface area contributed by atoms with Crippen molar-refractivity contribution in [2.24, 2.45) is 0 Å². The minimum atomic E-state index is -0.342. The smallest absolute Gasteiger partial charge is 0.356 e. The molecule has 4 aromatic heterocycles. The van der Waals surface area contributed by atoms with E-state index in [0.717, 1.165) is 33.4 Å². The molecule has 0 aliphatic carbocycles. The molecule has 0 radical (unpaired) electrons. The van der Waals surface area contributed by atoms with Gasteiger partial charge in [-0.15, -0.1) is 5.10 Å². The molecule has 0 unspecified atom stereocenters. The molecule has 6 aromatic rings. The van der Waals surface area contributed by atoms with Gasteiger partial charge < -0.3 is 4.52 Å². The van der Waals surface area contributed by atoms with Crippen molar-refractivity contribution < 1.29 is 4.52 Å². The highest BCUT2D eigenvalue weighted by Crippen LogP contribution is 2.33. The second kappa shape index (κ2) is 8.77. The van der Waals surface area contributed by atoms with Crippen molar-refractivity contribution in [1.82, 2.24) is 29.5 Å². The molecule has 0 spiro atoms. The lowest BCUT2D eigenvalue weighted by Gasteiger charge is -2.10. The number of pyridine rings is 1. The Bertz CT molecular complexity index is 1760. The lowest BCUT2D eigenvalue weighted by Crippen LogP contribution is -2.22. The van der Waals surface area contributed by atoms with Crippen molar-refractivity contribution in [3.63, 3.8) is 0 Å². The molecule has 0 aliphatic heterocycles. The highest BCUT2D eigenvalue weighted by Gasteiger charge is 2.19. The Hall–Kier alpha value is -5.36. The van der Waals surface area contributed by atoms with Gasteiger partial charge in [-0.05, 0) is 41.0 Å². The normalized spacial score (nSPS) is 11.0. The fraction of sp³-hybridized carbons (Fsp3) is 0.0370. The summed E-state index contributed by atoms with van der Waals surface area (Å²) in [6.07, 6.45) is 6.64. The Morgan fingerprint density at radius 1 is 0.861 bits per heavy atom. The summed E-state index contributed by atoms with van der Waals surface area (Å²) in [5.41, 5.74) is 5.73. The summed E-state index contributed by atoms with van der Waals surface area (Å²) in [4.78, 5) is 17.4. The van der Waals surface area contributed by atoms with Crippen LogP contribution in [0.3, 0.4) is 0 Å². The summed E-state index contributed by atoms with van der Waals surface area (Å²) in [5, 5.41) is 22.0. The van der Waals surface area contributed by atoms with E-state index in [1.54, 1.807) is 43.0 Å². The Labute approximate surface area is 204 Å². The number of benzene rings is 2. The van der Waals surface area contributed by atoms with Gasteiger partial charge in [-0.25, -0.2) is 9.48 Å². The monoisotopic (exact) mass is 471 g/mol. The van der Waals surface area contributed by atoms with Gasteiger partial charge in [0.15, 0.2) is 11.4 Å². The molecule has 172 valence electrons. The van der Waals surface area contributed by atoms with E-state index in [4.69, 9.17) is 9.78 Å². The zero-order chi connectivity index (χ0) is 24.5. The maximum Gasteiger partial charge on any atom is 0.367 e. The summed E-state index contributed by atoms with van der Waals surface area (Å²) in [5.74, 6) is 0.674. The van der Waals surface area contributed by atoms with Gasteiger partial charge in [0.1, 0.15) is 0 Å². The first-order chi connectivity index (χ1) is 17.7. The molecule has 0 saturated carbocycles. The molecule has 0 N–H and O–H groups in total. The van der Waals surface area contributed by atoms with Crippen molar-refractivity contribution >= 4 is 5.65 Å². The second-order valence-corrected chi connectivity index (χ2v) is 8.11. The highest BCUT2D eigenvalue weighted by molar-refractivity contribution is 5.91. The first kappa shape index (κ1) is 21.2. The van der Waals surface area contributed by atoms with Gasteiger partial charge in [-0.3, -0.25) is 4.98 Å². The zero-order valence-corrected chi connectivity index (χ0v) is 18.8. The number of aromatic nitrogens is 6. The van der Waals surface area contributed by atoms with Gasteiger partial charge in [0, 0.05) is 35.2 Å². The average Bonchev–Trinajstić information content (AvgIpc) is 3.58. The SMILES string of the molecule is N#Cc1ccc(-c2cnn3c(=O)n(Cc4ccc(-c5ccno5)cc4)nc3c2-c2ccncc2)cc1. The van der Waals surface area contributed by atoms with Crippen LogP contribution in [0.1, 0.15) is 11.1 Å². The van der Waals surface area contributed by atoms with Crippen LogP contribution in [-0.4, -0.2) is 29.5 Å². The third-order valence-electron chi connectivity index (χ3n) is 5.92. The van der Waals surface area contributed by atoms with Crippen molar-refractivity contribution in [3.05, 3.63) is 113 Å². The number of fused-ring (bicyclic) bond motifs is 1. The quantitative estimate of drug-likeness (QED) is 0.370. The lowest BCUT2D eigenvalue weighted by molar-refractivity contribution is 0.432. The van der Waals surface area contributed by atoms with E-state index in [9.17, 15) is 4.79 Å². The van der Waals surface area contributed by atoms with E-state index < -0.39 is 0 Å². The summed E-state index contributed by atoms with van der Waals surface area (Å²) in [6, 6.07) is 22.6. The lowest BCUT2D eigenvalue weighted by atomic mass is 9.97. The maximum absolute atomic E-state index is 13.2.